The number of hydrogen-bond donors (Lipinski definition) is 1. The highest BCUT2D eigenvalue weighted by Crippen LogP contribution is 2.04. The third-order valence-electron chi connectivity index (χ3n) is 1.37. The first kappa shape index (κ1) is 8.62. The van der Waals surface area contributed by atoms with Gasteiger partial charge < -0.3 is 0 Å². The molecule has 1 aromatic rings. The van der Waals surface area contributed by atoms with Crippen molar-refractivity contribution in [3.63, 3.8) is 0 Å². The van der Waals surface area contributed by atoms with E-state index in [0.29, 0.717) is 0 Å². The summed E-state index contributed by atoms with van der Waals surface area (Å²) in [5.41, 5.74) is 1.40. The molecule has 1 N–H and O–H groups in total. The Hall–Kier alpha value is -0.470. The summed E-state index contributed by atoms with van der Waals surface area (Å²) in [5.74, 6) is 1.10. The number of quaternary nitrogens is 1. The lowest BCUT2D eigenvalue weighted by atomic mass is 10.2. The Morgan fingerprint density at radius 2 is 1.82 bits per heavy atom. The molecule has 2 heteroatoms. The van der Waals surface area contributed by atoms with Gasteiger partial charge in [0.1, 0.15) is 0 Å². The van der Waals surface area contributed by atoms with Crippen molar-refractivity contribution in [3.05, 3.63) is 35.9 Å². The van der Waals surface area contributed by atoms with Crippen LogP contribution in [0.1, 0.15) is 5.56 Å². The van der Waals surface area contributed by atoms with Gasteiger partial charge in [0.05, 0.1) is 31.8 Å². The van der Waals surface area contributed by atoms with Gasteiger partial charge in [-0.2, -0.15) is 0 Å². The molecule has 1 rings (SSSR count). The van der Waals surface area contributed by atoms with Crippen LogP contribution in [0, 0.1) is 0 Å². The molecule has 0 atom stereocenters. The fourth-order valence-corrected chi connectivity index (χ4v) is 1.45. The van der Waals surface area contributed by atoms with E-state index < -0.39 is 0 Å². The van der Waals surface area contributed by atoms with Crippen LogP contribution in [0.3, 0.4) is 0 Å². The molecule has 0 aliphatic heterocycles. The predicted molar refractivity (Wildman–Crippen MR) is 50.5 cm³/mol. The molecule has 0 aliphatic carbocycles. The van der Waals surface area contributed by atoms with E-state index in [4.69, 9.17) is 0 Å². The van der Waals surface area contributed by atoms with E-state index in [-0.39, 0.29) is 0 Å². The minimum Gasteiger partial charge on any atom is -0.278 e. The van der Waals surface area contributed by atoms with E-state index in [9.17, 15) is 0 Å². The fraction of sp³-hybridized carbons (Fsp3) is 0.333. The Morgan fingerprint density at radius 1 is 1.18 bits per heavy atom. The molecule has 60 valence electrons. The third kappa shape index (κ3) is 3.44. The van der Waals surface area contributed by atoms with Crippen molar-refractivity contribution >= 4 is 11.9 Å². The standard InChI is InChI=1S/C9H13NS/c1-10(2)11-8-9-6-4-3-5-7-9/h3-7H,8H2,1-2H3/p+1. The molecule has 11 heavy (non-hydrogen) atoms. The SMILES string of the molecule is C[NH+](C)SCc1ccccc1. The largest absolute Gasteiger partial charge is 0.278 e. The van der Waals surface area contributed by atoms with Gasteiger partial charge in [-0.1, -0.05) is 30.3 Å². The molecule has 0 aromatic heterocycles. The second-order valence-electron chi connectivity index (χ2n) is 2.68. The molecule has 1 nitrogen and oxygen atoms in total. The van der Waals surface area contributed by atoms with Gasteiger partial charge in [0.2, 0.25) is 0 Å². The van der Waals surface area contributed by atoms with Crippen molar-refractivity contribution in [1.82, 2.24) is 0 Å². The van der Waals surface area contributed by atoms with Crippen LogP contribution in [-0.2, 0) is 5.75 Å². The Balaban J connectivity index is 2.39. The van der Waals surface area contributed by atoms with E-state index in [1.807, 2.05) is 11.9 Å². The molecule has 0 spiro atoms. The van der Waals surface area contributed by atoms with E-state index in [0.717, 1.165) is 5.75 Å². The zero-order valence-electron chi connectivity index (χ0n) is 7.00. The van der Waals surface area contributed by atoms with Crippen molar-refractivity contribution in [2.24, 2.45) is 0 Å². The molecule has 0 aliphatic rings. The highest BCUT2D eigenvalue weighted by atomic mass is 32.2. The molecular weight excluding hydrogens is 154 g/mol. The van der Waals surface area contributed by atoms with E-state index in [1.54, 1.807) is 0 Å². The van der Waals surface area contributed by atoms with Crippen LogP contribution in [0.25, 0.3) is 0 Å². The Bertz CT molecular complexity index is 196. The number of benzene rings is 1. The first-order chi connectivity index (χ1) is 5.29. The summed E-state index contributed by atoms with van der Waals surface area (Å²) in [7, 11) is 4.29. The van der Waals surface area contributed by atoms with Gasteiger partial charge in [-0.05, 0) is 5.56 Å². The summed E-state index contributed by atoms with van der Waals surface area (Å²) in [6, 6.07) is 10.5. The average Bonchev–Trinajstić information content (AvgIpc) is 2.03. The minimum atomic E-state index is 1.10. The van der Waals surface area contributed by atoms with Gasteiger partial charge in [-0.3, -0.25) is 4.31 Å². The summed E-state index contributed by atoms with van der Waals surface area (Å²) in [6.45, 7) is 0. The maximum atomic E-state index is 2.16. The van der Waals surface area contributed by atoms with Gasteiger partial charge in [0.25, 0.3) is 0 Å². The Labute approximate surface area is 72.5 Å². The zero-order chi connectivity index (χ0) is 8.10. The van der Waals surface area contributed by atoms with Gasteiger partial charge in [0.15, 0.2) is 0 Å². The smallest absolute Gasteiger partial charge is 0.0769 e. The predicted octanol–water partition coefficient (Wildman–Crippen LogP) is 0.979. The average molecular weight is 168 g/mol. The zero-order valence-corrected chi connectivity index (χ0v) is 7.82. The van der Waals surface area contributed by atoms with Gasteiger partial charge in [-0.25, -0.2) is 0 Å². The summed E-state index contributed by atoms with van der Waals surface area (Å²) >= 11 is 1.90. The Morgan fingerprint density at radius 3 is 2.36 bits per heavy atom. The lowest BCUT2D eigenvalue weighted by Crippen LogP contribution is -2.98. The molecule has 1 aromatic carbocycles. The second kappa shape index (κ2) is 4.42. The summed E-state index contributed by atoms with van der Waals surface area (Å²) in [6.07, 6.45) is 0. The Kier molecular flexibility index (Phi) is 3.46. The minimum absolute atomic E-state index is 1.10. The van der Waals surface area contributed by atoms with Crippen LogP contribution in [0.5, 0.6) is 0 Å². The van der Waals surface area contributed by atoms with Crippen molar-refractivity contribution in [3.8, 4) is 0 Å². The van der Waals surface area contributed by atoms with Crippen LogP contribution in [0.4, 0.5) is 0 Å². The highest BCUT2D eigenvalue weighted by Gasteiger charge is 1.96. The second-order valence-corrected chi connectivity index (χ2v) is 4.08. The molecule has 0 saturated carbocycles. The van der Waals surface area contributed by atoms with Crippen molar-refractivity contribution in [2.75, 3.05) is 14.1 Å². The molecule has 0 radical (unpaired) electrons. The number of rotatable bonds is 3. The maximum absolute atomic E-state index is 2.16. The van der Waals surface area contributed by atoms with Crippen LogP contribution < -0.4 is 4.31 Å². The van der Waals surface area contributed by atoms with Crippen LogP contribution >= 0.6 is 11.9 Å². The third-order valence-corrected chi connectivity index (χ3v) is 2.43. The molecule has 0 unspecified atom stereocenters. The van der Waals surface area contributed by atoms with Gasteiger partial charge in [-0.15, -0.1) is 0 Å². The molecule has 0 fully saturated rings. The lowest BCUT2D eigenvalue weighted by Gasteiger charge is -2.03. The number of nitrogens with one attached hydrogen (secondary N) is 1. The fourth-order valence-electron chi connectivity index (χ4n) is 0.802. The molecule has 0 saturated heterocycles. The van der Waals surface area contributed by atoms with Crippen molar-refractivity contribution < 1.29 is 4.31 Å². The molecular formula is C9H14NS+. The van der Waals surface area contributed by atoms with Crippen LogP contribution in [0.15, 0.2) is 30.3 Å². The van der Waals surface area contributed by atoms with Crippen molar-refractivity contribution in [1.29, 1.82) is 0 Å². The normalized spacial score (nSPS) is 10.5. The molecule has 0 heterocycles. The topological polar surface area (TPSA) is 4.44 Å². The first-order valence-corrected chi connectivity index (χ1v) is 4.74. The van der Waals surface area contributed by atoms with E-state index >= 15 is 0 Å². The summed E-state index contributed by atoms with van der Waals surface area (Å²) in [4.78, 5) is 0. The van der Waals surface area contributed by atoms with Gasteiger partial charge >= 0.3 is 0 Å². The quantitative estimate of drug-likeness (QED) is 0.659. The van der Waals surface area contributed by atoms with Crippen LogP contribution in [0.2, 0.25) is 0 Å². The molecule has 0 amide bonds. The van der Waals surface area contributed by atoms with Gasteiger partial charge in [0, 0.05) is 0 Å². The van der Waals surface area contributed by atoms with E-state index in [1.165, 1.54) is 9.87 Å². The van der Waals surface area contributed by atoms with E-state index in [2.05, 4.69) is 44.4 Å². The first-order valence-electron chi connectivity index (χ1n) is 3.76. The summed E-state index contributed by atoms with van der Waals surface area (Å²) in [5, 5.41) is 0. The van der Waals surface area contributed by atoms with Crippen molar-refractivity contribution in [2.45, 2.75) is 5.75 Å². The van der Waals surface area contributed by atoms with Crippen LogP contribution in [-0.4, -0.2) is 14.1 Å². The molecule has 0 bridgehead atoms. The summed E-state index contributed by atoms with van der Waals surface area (Å²) < 4.78 is 1.42. The maximum Gasteiger partial charge on any atom is 0.0769 e. The monoisotopic (exact) mass is 168 g/mol. The lowest BCUT2D eigenvalue weighted by molar-refractivity contribution is -0.704. The highest BCUT2D eigenvalue weighted by molar-refractivity contribution is 7.92. The number of hydrogen-bond acceptors (Lipinski definition) is 1.